The molecule has 1 aromatic rings. The van der Waals surface area contributed by atoms with E-state index < -0.39 is 0 Å². The quantitative estimate of drug-likeness (QED) is 0.854. The summed E-state index contributed by atoms with van der Waals surface area (Å²) < 4.78 is 0. The van der Waals surface area contributed by atoms with E-state index in [9.17, 15) is 9.59 Å². The van der Waals surface area contributed by atoms with Gasteiger partial charge in [0, 0.05) is 57.1 Å². The number of hydrogen-bond acceptors (Lipinski definition) is 6. The maximum Gasteiger partial charge on any atom is 0.282 e. The van der Waals surface area contributed by atoms with Crippen LogP contribution in [0.3, 0.4) is 0 Å². The van der Waals surface area contributed by atoms with E-state index in [1.807, 2.05) is 7.05 Å². The molecule has 0 radical (unpaired) electrons. The third kappa shape index (κ3) is 3.56. The van der Waals surface area contributed by atoms with E-state index in [4.69, 9.17) is 5.73 Å². The Balaban J connectivity index is 1.72. The fourth-order valence-electron chi connectivity index (χ4n) is 3.79. The zero-order valence-electron chi connectivity index (χ0n) is 15.4. The first kappa shape index (κ1) is 18.3. The van der Waals surface area contributed by atoms with Crippen LogP contribution in [0.5, 0.6) is 0 Å². The van der Waals surface area contributed by atoms with Gasteiger partial charge in [-0.15, -0.1) is 11.3 Å². The molecule has 8 heteroatoms. The predicted molar refractivity (Wildman–Crippen MR) is 97.2 cm³/mol. The minimum absolute atomic E-state index is 0.0648. The van der Waals surface area contributed by atoms with E-state index in [0.29, 0.717) is 11.4 Å². The number of hydrogen-bond donors (Lipinski definition) is 1. The van der Waals surface area contributed by atoms with Crippen LogP contribution in [0.2, 0.25) is 0 Å². The molecule has 25 heavy (non-hydrogen) atoms. The van der Waals surface area contributed by atoms with Crippen molar-refractivity contribution in [1.82, 2.24) is 19.7 Å². The summed E-state index contributed by atoms with van der Waals surface area (Å²) in [5.41, 5.74) is 7.29. The zero-order chi connectivity index (χ0) is 18.3. The molecule has 2 aliphatic rings. The van der Waals surface area contributed by atoms with Gasteiger partial charge in [0.1, 0.15) is 0 Å². The van der Waals surface area contributed by atoms with Crippen LogP contribution in [0.15, 0.2) is 0 Å². The number of fused-ring (bicyclic) bond motifs is 1. The van der Waals surface area contributed by atoms with Gasteiger partial charge >= 0.3 is 0 Å². The number of thiazole rings is 1. The molecule has 1 fully saturated rings. The Morgan fingerprint density at radius 2 is 1.96 bits per heavy atom. The average Bonchev–Trinajstić information content (AvgIpc) is 3.10. The van der Waals surface area contributed by atoms with Crippen LogP contribution in [0.25, 0.3) is 0 Å². The summed E-state index contributed by atoms with van der Waals surface area (Å²) in [7, 11) is 7.38. The van der Waals surface area contributed by atoms with E-state index >= 15 is 0 Å². The first-order chi connectivity index (χ1) is 11.8. The first-order valence-electron chi connectivity index (χ1n) is 8.69. The normalized spacial score (nSPS) is 26.4. The van der Waals surface area contributed by atoms with Crippen molar-refractivity contribution in [2.24, 2.45) is 11.7 Å². The van der Waals surface area contributed by atoms with Crippen molar-refractivity contribution < 1.29 is 9.59 Å². The Labute approximate surface area is 152 Å². The number of likely N-dealkylation sites (N-methyl/N-ethyl adjacent to an activating group) is 1. The molecule has 0 unspecified atom stereocenters. The molecule has 7 nitrogen and oxygen atoms in total. The van der Waals surface area contributed by atoms with Gasteiger partial charge in [-0.3, -0.25) is 14.5 Å². The molecule has 0 aromatic carbocycles. The maximum absolute atomic E-state index is 12.9. The van der Waals surface area contributed by atoms with Gasteiger partial charge in [0.05, 0.1) is 5.69 Å². The number of nitrogens with two attached hydrogens (primary N) is 1. The Hall–Kier alpha value is -1.51. The summed E-state index contributed by atoms with van der Waals surface area (Å²) in [5, 5.41) is 0.536. The highest BCUT2D eigenvalue weighted by atomic mass is 32.1. The third-order valence-electron chi connectivity index (χ3n) is 5.27. The molecule has 2 heterocycles. The van der Waals surface area contributed by atoms with Crippen molar-refractivity contribution in [2.45, 2.75) is 44.4 Å². The van der Waals surface area contributed by atoms with Gasteiger partial charge in [0.25, 0.3) is 5.91 Å². The lowest BCUT2D eigenvalue weighted by atomic mass is 9.81. The molecule has 1 aliphatic carbocycles. The van der Waals surface area contributed by atoms with E-state index in [1.54, 1.807) is 30.9 Å². The fraction of sp³-hybridized carbons (Fsp3) is 0.706. The first-order valence-corrected chi connectivity index (χ1v) is 9.50. The van der Waals surface area contributed by atoms with Crippen molar-refractivity contribution in [3.05, 3.63) is 15.6 Å². The van der Waals surface area contributed by atoms with Gasteiger partial charge in [-0.2, -0.15) is 0 Å². The van der Waals surface area contributed by atoms with Gasteiger partial charge < -0.3 is 15.5 Å². The lowest BCUT2D eigenvalue weighted by Crippen LogP contribution is -2.53. The Morgan fingerprint density at radius 3 is 2.60 bits per heavy atom. The van der Waals surface area contributed by atoms with Crippen molar-refractivity contribution in [2.75, 3.05) is 28.2 Å². The molecule has 1 saturated carbocycles. The van der Waals surface area contributed by atoms with Gasteiger partial charge in [-0.25, -0.2) is 4.98 Å². The highest BCUT2D eigenvalue weighted by molar-refractivity contribution is 7.13. The molecule has 3 rings (SSSR count). The predicted octanol–water partition coefficient (Wildman–Crippen LogP) is 0.745. The van der Waals surface area contributed by atoms with Crippen LogP contribution in [0.4, 0.5) is 0 Å². The smallest absolute Gasteiger partial charge is 0.282 e. The molecule has 0 bridgehead atoms. The second-order valence-corrected chi connectivity index (χ2v) is 8.53. The van der Waals surface area contributed by atoms with Crippen molar-refractivity contribution in [3.8, 4) is 0 Å². The van der Waals surface area contributed by atoms with Crippen molar-refractivity contribution >= 4 is 23.2 Å². The second-order valence-electron chi connectivity index (χ2n) is 7.45. The van der Waals surface area contributed by atoms with Crippen LogP contribution >= 0.6 is 11.3 Å². The van der Waals surface area contributed by atoms with Crippen LogP contribution in [-0.2, 0) is 17.9 Å². The average molecular weight is 366 g/mol. The van der Waals surface area contributed by atoms with E-state index in [-0.39, 0.29) is 29.8 Å². The minimum Gasteiger partial charge on any atom is -0.349 e. The molecule has 0 saturated heterocycles. The topological polar surface area (TPSA) is 82.8 Å². The van der Waals surface area contributed by atoms with E-state index in [1.165, 1.54) is 16.2 Å². The molecule has 2 amide bonds. The summed E-state index contributed by atoms with van der Waals surface area (Å²) in [6.45, 7) is 1.65. The van der Waals surface area contributed by atoms with Crippen molar-refractivity contribution in [3.63, 3.8) is 0 Å². The summed E-state index contributed by atoms with van der Waals surface area (Å²) in [6, 6.07) is -0.227. The highest BCUT2D eigenvalue weighted by Crippen LogP contribution is 2.31. The number of carbonyl (C=O) groups is 2. The number of carbonyl (C=O) groups excluding carboxylic acids is 2. The lowest BCUT2D eigenvalue weighted by molar-refractivity contribution is -0.134. The Bertz CT molecular complexity index is 650. The number of aromatic nitrogens is 1. The SMILES string of the molecule is CN1Cc2nc(C(=O)N(C)[C@@H]3C[C@@H](C(=O)N(C)C)CC[C@@H]3N)sc2C1. The van der Waals surface area contributed by atoms with Gasteiger partial charge in [-0.1, -0.05) is 0 Å². The van der Waals surface area contributed by atoms with E-state index in [0.717, 1.165) is 31.6 Å². The van der Waals surface area contributed by atoms with Gasteiger partial charge in [0.15, 0.2) is 5.01 Å². The molecule has 1 aliphatic heterocycles. The molecular weight excluding hydrogens is 338 g/mol. The fourth-order valence-corrected chi connectivity index (χ4v) is 4.92. The highest BCUT2D eigenvalue weighted by Gasteiger charge is 2.37. The summed E-state index contributed by atoms with van der Waals surface area (Å²) >= 11 is 1.48. The van der Waals surface area contributed by atoms with Gasteiger partial charge in [0.2, 0.25) is 5.91 Å². The largest absolute Gasteiger partial charge is 0.349 e. The number of rotatable bonds is 3. The minimum atomic E-state index is -0.128. The van der Waals surface area contributed by atoms with Crippen LogP contribution < -0.4 is 5.73 Å². The van der Waals surface area contributed by atoms with Crippen molar-refractivity contribution in [1.29, 1.82) is 0 Å². The number of amides is 2. The summed E-state index contributed by atoms with van der Waals surface area (Å²) in [4.78, 5) is 36.4. The summed E-state index contributed by atoms with van der Waals surface area (Å²) in [6.07, 6.45) is 2.16. The Morgan fingerprint density at radius 1 is 1.24 bits per heavy atom. The van der Waals surface area contributed by atoms with Crippen LogP contribution in [0, 0.1) is 5.92 Å². The molecule has 2 N–H and O–H groups in total. The standard InChI is InChI=1S/C17H27N5O2S/c1-20(2)16(23)10-5-6-11(18)13(7-10)22(4)17(24)15-19-12-8-21(3)9-14(12)25-15/h10-11,13H,5-9,18H2,1-4H3/t10-,11-,13+/m0/s1. The van der Waals surface area contributed by atoms with Crippen LogP contribution in [-0.4, -0.2) is 71.8 Å². The maximum atomic E-state index is 12.9. The molecule has 138 valence electrons. The third-order valence-corrected chi connectivity index (χ3v) is 6.34. The molecule has 1 aromatic heterocycles. The molecule has 0 spiro atoms. The molecule has 3 atom stereocenters. The Kier molecular flexibility index (Phi) is 5.13. The van der Waals surface area contributed by atoms with Gasteiger partial charge in [-0.05, 0) is 26.3 Å². The van der Waals surface area contributed by atoms with E-state index in [2.05, 4.69) is 9.88 Å². The monoisotopic (exact) mass is 365 g/mol. The second kappa shape index (κ2) is 7.01. The van der Waals surface area contributed by atoms with Crippen LogP contribution in [0.1, 0.15) is 39.6 Å². The summed E-state index contributed by atoms with van der Waals surface area (Å²) in [5.74, 6) is -0.0283. The zero-order valence-corrected chi connectivity index (χ0v) is 16.2. The number of nitrogens with zero attached hydrogens (tertiary/aromatic N) is 4. The lowest BCUT2D eigenvalue weighted by Gasteiger charge is -2.39. The molecular formula is C17H27N5O2S.